The first-order valence-corrected chi connectivity index (χ1v) is 8.80. The molecule has 1 fully saturated rings. The molecule has 1 aromatic heterocycles. The standard InChI is InChI=1S/C16H21N3OS/c20-21(15-6-2-1-3-7-15)12-11-19-10-4-5-14(13-19)16-8-9-17-18-16/h1-3,6-9,14H,4-5,10-13H2,(H,17,18)/t14-,21-/m0/s1. The lowest BCUT2D eigenvalue weighted by Crippen LogP contribution is -2.37. The summed E-state index contributed by atoms with van der Waals surface area (Å²) < 4.78 is 12.3. The Morgan fingerprint density at radius 3 is 2.90 bits per heavy atom. The minimum absolute atomic E-state index is 0.534. The van der Waals surface area contributed by atoms with E-state index in [9.17, 15) is 4.21 Å². The van der Waals surface area contributed by atoms with Crippen LogP contribution >= 0.6 is 0 Å². The van der Waals surface area contributed by atoms with Crippen molar-refractivity contribution >= 4 is 10.8 Å². The molecule has 2 aromatic rings. The lowest BCUT2D eigenvalue weighted by atomic mass is 9.95. The van der Waals surface area contributed by atoms with Gasteiger partial charge in [0.25, 0.3) is 0 Å². The highest BCUT2D eigenvalue weighted by molar-refractivity contribution is 7.85. The number of aromatic nitrogens is 2. The zero-order valence-electron chi connectivity index (χ0n) is 12.1. The largest absolute Gasteiger partial charge is 0.302 e. The molecule has 112 valence electrons. The molecular weight excluding hydrogens is 282 g/mol. The third-order valence-electron chi connectivity index (χ3n) is 4.07. The number of likely N-dealkylation sites (tertiary alicyclic amines) is 1. The predicted molar refractivity (Wildman–Crippen MR) is 84.7 cm³/mol. The van der Waals surface area contributed by atoms with Gasteiger partial charge in [-0.3, -0.25) is 9.31 Å². The number of piperidine rings is 1. The number of hydrogen-bond donors (Lipinski definition) is 1. The number of nitrogens with one attached hydrogen (secondary N) is 1. The third kappa shape index (κ3) is 3.80. The average Bonchev–Trinajstić information content (AvgIpc) is 3.08. The van der Waals surface area contributed by atoms with Crippen LogP contribution in [-0.4, -0.2) is 44.7 Å². The molecule has 1 aliphatic rings. The average molecular weight is 303 g/mol. The van der Waals surface area contributed by atoms with Crippen molar-refractivity contribution in [3.8, 4) is 0 Å². The van der Waals surface area contributed by atoms with E-state index >= 15 is 0 Å². The van der Waals surface area contributed by atoms with Crippen molar-refractivity contribution in [3.63, 3.8) is 0 Å². The van der Waals surface area contributed by atoms with Gasteiger partial charge in [0.15, 0.2) is 0 Å². The van der Waals surface area contributed by atoms with Crippen molar-refractivity contribution in [2.45, 2.75) is 23.7 Å². The van der Waals surface area contributed by atoms with Crippen LogP contribution in [0, 0.1) is 0 Å². The van der Waals surface area contributed by atoms with Crippen molar-refractivity contribution < 1.29 is 4.21 Å². The Morgan fingerprint density at radius 1 is 1.29 bits per heavy atom. The molecule has 2 atom stereocenters. The normalized spacial score (nSPS) is 21.2. The van der Waals surface area contributed by atoms with E-state index in [2.05, 4.69) is 21.2 Å². The monoisotopic (exact) mass is 303 g/mol. The maximum Gasteiger partial charge on any atom is 0.0542 e. The fourth-order valence-corrected chi connectivity index (χ4v) is 4.03. The SMILES string of the molecule is O=[S@@](CCN1CCC[C@H](c2ccn[nH]2)C1)c1ccccc1. The summed E-state index contributed by atoms with van der Waals surface area (Å²) in [5.74, 6) is 1.24. The van der Waals surface area contributed by atoms with Crippen LogP contribution in [0.15, 0.2) is 47.5 Å². The Labute approximate surface area is 128 Å². The molecule has 0 radical (unpaired) electrons. The molecule has 1 aromatic carbocycles. The highest BCUT2D eigenvalue weighted by Gasteiger charge is 2.22. The number of hydrogen-bond acceptors (Lipinski definition) is 3. The Kier molecular flexibility index (Phi) is 4.83. The summed E-state index contributed by atoms with van der Waals surface area (Å²) in [5, 5.41) is 7.13. The van der Waals surface area contributed by atoms with Crippen LogP contribution in [-0.2, 0) is 10.8 Å². The molecule has 0 aliphatic carbocycles. The third-order valence-corrected chi connectivity index (χ3v) is 5.42. The maximum absolute atomic E-state index is 12.3. The van der Waals surface area contributed by atoms with Crippen LogP contribution in [0.3, 0.4) is 0 Å². The van der Waals surface area contributed by atoms with Crippen molar-refractivity contribution in [2.75, 3.05) is 25.4 Å². The Bertz CT molecular complexity index is 570. The topological polar surface area (TPSA) is 49.0 Å². The summed E-state index contributed by atoms with van der Waals surface area (Å²) in [6.07, 6.45) is 4.22. The van der Waals surface area contributed by atoms with Gasteiger partial charge in [0.05, 0.1) is 10.8 Å². The molecule has 21 heavy (non-hydrogen) atoms. The maximum atomic E-state index is 12.3. The van der Waals surface area contributed by atoms with Gasteiger partial charge in [0.2, 0.25) is 0 Å². The summed E-state index contributed by atoms with van der Waals surface area (Å²) in [6.45, 7) is 3.04. The summed E-state index contributed by atoms with van der Waals surface area (Å²) in [5.41, 5.74) is 1.23. The fraction of sp³-hybridized carbons (Fsp3) is 0.438. The van der Waals surface area contributed by atoms with Crippen molar-refractivity contribution in [2.24, 2.45) is 0 Å². The van der Waals surface area contributed by atoms with Gasteiger partial charge in [-0.15, -0.1) is 0 Å². The van der Waals surface area contributed by atoms with E-state index in [1.165, 1.54) is 18.5 Å². The van der Waals surface area contributed by atoms with Gasteiger partial charge in [-0.1, -0.05) is 18.2 Å². The van der Waals surface area contributed by atoms with E-state index in [4.69, 9.17) is 0 Å². The van der Waals surface area contributed by atoms with Crippen LogP contribution < -0.4 is 0 Å². The molecule has 0 spiro atoms. The number of benzene rings is 1. The Hall–Kier alpha value is -1.46. The summed E-state index contributed by atoms with van der Waals surface area (Å²) in [7, 11) is -0.895. The van der Waals surface area contributed by atoms with Gasteiger partial charge in [-0.05, 0) is 37.6 Å². The minimum Gasteiger partial charge on any atom is -0.302 e. The molecule has 1 saturated heterocycles. The summed E-state index contributed by atoms with van der Waals surface area (Å²) in [4.78, 5) is 3.36. The summed E-state index contributed by atoms with van der Waals surface area (Å²) >= 11 is 0. The number of nitrogens with zero attached hydrogens (tertiary/aromatic N) is 2. The number of rotatable bonds is 5. The van der Waals surface area contributed by atoms with E-state index in [-0.39, 0.29) is 0 Å². The van der Waals surface area contributed by atoms with Gasteiger partial charge >= 0.3 is 0 Å². The van der Waals surface area contributed by atoms with E-state index in [1.807, 2.05) is 36.5 Å². The lowest BCUT2D eigenvalue weighted by Gasteiger charge is -2.32. The van der Waals surface area contributed by atoms with Crippen LogP contribution in [0.25, 0.3) is 0 Å². The zero-order chi connectivity index (χ0) is 14.5. The quantitative estimate of drug-likeness (QED) is 0.922. The van der Waals surface area contributed by atoms with E-state index in [1.54, 1.807) is 0 Å². The predicted octanol–water partition coefficient (Wildman–Crippen LogP) is 2.40. The van der Waals surface area contributed by atoms with E-state index in [0.29, 0.717) is 11.7 Å². The van der Waals surface area contributed by atoms with Gasteiger partial charge in [0, 0.05) is 41.5 Å². The molecular formula is C16H21N3OS. The molecule has 0 saturated carbocycles. The lowest BCUT2D eigenvalue weighted by molar-refractivity contribution is 0.217. The zero-order valence-corrected chi connectivity index (χ0v) is 12.9. The highest BCUT2D eigenvalue weighted by atomic mass is 32.2. The van der Waals surface area contributed by atoms with Gasteiger partial charge in [-0.25, -0.2) is 0 Å². The minimum atomic E-state index is -0.895. The second-order valence-electron chi connectivity index (χ2n) is 5.51. The first kappa shape index (κ1) is 14.5. The van der Waals surface area contributed by atoms with Crippen LogP contribution in [0.1, 0.15) is 24.5 Å². The van der Waals surface area contributed by atoms with Gasteiger partial charge in [-0.2, -0.15) is 5.10 Å². The van der Waals surface area contributed by atoms with Crippen LogP contribution in [0.4, 0.5) is 0 Å². The second-order valence-corrected chi connectivity index (χ2v) is 7.09. The van der Waals surface area contributed by atoms with Crippen molar-refractivity contribution in [3.05, 3.63) is 48.3 Å². The molecule has 3 rings (SSSR count). The molecule has 1 aliphatic heterocycles. The van der Waals surface area contributed by atoms with Crippen LogP contribution in [0.5, 0.6) is 0 Å². The Morgan fingerprint density at radius 2 is 2.14 bits per heavy atom. The fourth-order valence-electron chi connectivity index (χ4n) is 2.91. The molecule has 5 heteroatoms. The van der Waals surface area contributed by atoms with Crippen LogP contribution in [0.2, 0.25) is 0 Å². The summed E-state index contributed by atoms with van der Waals surface area (Å²) in [6, 6.07) is 11.8. The molecule has 0 amide bonds. The first-order chi connectivity index (χ1) is 10.3. The molecule has 0 bridgehead atoms. The number of H-pyrrole nitrogens is 1. The Balaban J connectivity index is 1.52. The second kappa shape index (κ2) is 7.00. The smallest absolute Gasteiger partial charge is 0.0542 e. The number of aromatic amines is 1. The van der Waals surface area contributed by atoms with E-state index in [0.717, 1.165) is 24.5 Å². The molecule has 4 nitrogen and oxygen atoms in total. The molecule has 2 heterocycles. The van der Waals surface area contributed by atoms with Crippen molar-refractivity contribution in [1.82, 2.24) is 15.1 Å². The highest BCUT2D eigenvalue weighted by Crippen LogP contribution is 2.25. The first-order valence-electron chi connectivity index (χ1n) is 7.48. The van der Waals surface area contributed by atoms with Crippen molar-refractivity contribution in [1.29, 1.82) is 0 Å². The van der Waals surface area contributed by atoms with E-state index < -0.39 is 10.8 Å². The van der Waals surface area contributed by atoms with Gasteiger partial charge in [0.1, 0.15) is 0 Å². The molecule has 0 unspecified atom stereocenters. The van der Waals surface area contributed by atoms with Gasteiger partial charge < -0.3 is 4.90 Å². The molecule has 1 N–H and O–H groups in total.